The summed E-state index contributed by atoms with van der Waals surface area (Å²) < 4.78 is 32.9. The van der Waals surface area contributed by atoms with E-state index in [0.717, 1.165) is 10.5 Å². The molecule has 1 atom stereocenters. The second-order valence-electron chi connectivity index (χ2n) is 7.62. The Morgan fingerprint density at radius 1 is 1.11 bits per heavy atom. The lowest BCUT2D eigenvalue weighted by atomic mass is 9.92. The molecule has 3 aromatic rings. The molecule has 1 aliphatic heterocycles. The number of halogens is 3. The monoisotopic (exact) mass is 523 g/mol. The standard InChI is InChI=1S/C21H19N3O2S2.C2HF3O2/c1-21(14-15-9-11-22-12-10-15)19(25)24(20(26)23(21)2)16-5-7-17(8-6-16)28-18-4-3-13-27-18;3-2(4,5)1(6)7/h3-13H,14H2,1-2H3;(H,6,7). The minimum atomic E-state index is -5.08. The lowest BCUT2D eigenvalue weighted by Crippen LogP contribution is -2.47. The third-order valence-corrected chi connectivity index (χ3v) is 7.28. The van der Waals surface area contributed by atoms with Crippen LogP contribution in [0.5, 0.6) is 0 Å². The van der Waals surface area contributed by atoms with Gasteiger partial charge in [0.2, 0.25) is 0 Å². The van der Waals surface area contributed by atoms with Gasteiger partial charge in [-0.3, -0.25) is 9.78 Å². The largest absolute Gasteiger partial charge is 0.490 e. The zero-order valence-electron chi connectivity index (χ0n) is 18.5. The number of carboxylic acid groups (broad SMARTS) is 1. The van der Waals surface area contributed by atoms with Crippen molar-refractivity contribution in [3.05, 3.63) is 71.9 Å². The number of carbonyl (C=O) groups is 3. The minimum absolute atomic E-state index is 0.213. The molecule has 0 bridgehead atoms. The number of imide groups is 1. The molecule has 1 unspecified atom stereocenters. The van der Waals surface area contributed by atoms with Gasteiger partial charge in [0.15, 0.2) is 0 Å². The molecule has 0 spiro atoms. The number of likely N-dealkylation sites (N-methyl/N-ethyl adjacent to an activating group) is 1. The van der Waals surface area contributed by atoms with Crippen molar-refractivity contribution < 1.29 is 32.7 Å². The van der Waals surface area contributed by atoms with E-state index in [1.54, 1.807) is 42.5 Å². The van der Waals surface area contributed by atoms with Crippen LogP contribution in [0.25, 0.3) is 0 Å². The second-order valence-corrected chi connectivity index (χ2v) is 9.94. The highest BCUT2D eigenvalue weighted by Crippen LogP contribution is 2.36. The van der Waals surface area contributed by atoms with Gasteiger partial charge in [-0.1, -0.05) is 17.8 Å². The van der Waals surface area contributed by atoms with Crippen LogP contribution in [0, 0.1) is 0 Å². The highest BCUT2D eigenvalue weighted by atomic mass is 32.2. The van der Waals surface area contributed by atoms with Crippen LogP contribution < -0.4 is 4.90 Å². The van der Waals surface area contributed by atoms with Crippen molar-refractivity contribution >= 4 is 46.7 Å². The van der Waals surface area contributed by atoms with E-state index < -0.39 is 17.7 Å². The first-order chi connectivity index (χ1) is 16.4. The fourth-order valence-corrected chi connectivity index (χ4v) is 5.00. The summed E-state index contributed by atoms with van der Waals surface area (Å²) in [5.41, 5.74) is 0.633. The lowest BCUT2D eigenvalue weighted by molar-refractivity contribution is -0.192. The third-order valence-electron chi connectivity index (χ3n) is 5.23. The molecule has 35 heavy (non-hydrogen) atoms. The van der Waals surface area contributed by atoms with Crippen molar-refractivity contribution in [3.8, 4) is 0 Å². The fraction of sp³-hybridized carbons (Fsp3) is 0.217. The maximum absolute atomic E-state index is 13.2. The third kappa shape index (κ3) is 6.01. The van der Waals surface area contributed by atoms with Crippen LogP contribution in [0.15, 0.2) is 75.4 Å². The Bertz CT molecular complexity index is 1190. The molecule has 1 aromatic carbocycles. The quantitative estimate of drug-likeness (QED) is 0.455. The average Bonchev–Trinajstić information content (AvgIpc) is 3.37. The smallest absolute Gasteiger partial charge is 0.475 e. The number of carbonyl (C=O) groups excluding carboxylic acids is 2. The minimum Gasteiger partial charge on any atom is -0.475 e. The SMILES string of the molecule is CN1C(=O)N(c2ccc(Sc3cccs3)cc2)C(=O)C1(C)Cc1ccncc1.O=C(O)C(F)(F)F. The number of hydrogen-bond acceptors (Lipinski definition) is 6. The maximum Gasteiger partial charge on any atom is 0.490 e. The molecule has 0 aliphatic carbocycles. The summed E-state index contributed by atoms with van der Waals surface area (Å²) in [5, 5.41) is 9.16. The zero-order valence-corrected chi connectivity index (χ0v) is 20.2. The summed E-state index contributed by atoms with van der Waals surface area (Å²) in [6.45, 7) is 1.81. The average molecular weight is 524 g/mol. The number of nitrogens with zero attached hydrogens (tertiary/aromatic N) is 3. The first kappa shape index (κ1) is 26.2. The van der Waals surface area contributed by atoms with Crippen LogP contribution in [-0.2, 0) is 16.0 Å². The first-order valence-electron chi connectivity index (χ1n) is 10.1. The van der Waals surface area contributed by atoms with Crippen LogP contribution in [0.1, 0.15) is 12.5 Å². The molecule has 12 heteroatoms. The van der Waals surface area contributed by atoms with E-state index in [1.165, 1.54) is 14.0 Å². The Morgan fingerprint density at radius 2 is 1.71 bits per heavy atom. The zero-order chi connectivity index (χ0) is 25.8. The normalized spacial score (nSPS) is 17.9. The van der Waals surface area contributed by atoms with Crippen molar-refractivity contribution in [3.63, 3.8) is 0 Å². The molecule has 1 fully saturated rings. The maximum atomic E-state index is 13.2. The van der Waals surface area contributed by atoms with Crippen LogP contribution in [0.2, 0.25) is 0 Å². The molecular weight excluding hydrogens is 503 g/mol. The van der Waals surface area contributed by atoms with Crippen molar-refractivity contribution in [1.82, 2.24) is 9.88 Å². The van der Waals surface area contributed by atoms with E-state index in [-0.39, 0.29) is 11.9 Å². The number of aromatic nitrogens is 1. The van der Waals surface area contributed by atoms with E-state index in [2.05, 4.69) is 11.1 Å². The van der Waals surface area contributed by atoms with Crippen molar-refractivity contribution in [2.75, 3.05) is 11.9 Å². The number of rotatable bonds is 5. The number of urea groups is 1. The first-order valence-corrected chi connectivity index (χ1v) is 11.8. The van der Waals surface area contributed by atoms with Gasteiger partial charge >= 0.3 is 18.2 Å². The Hall–Kier alpha value is -3.38. The molecule has 3 heterocycles. The van der Waals surface area contributed by atoms with Crippen molar-refractivity contribution in [2.45, 2.75) is 34.2 Å². The molecule has 1 N–H and O–H groups in total. The second kappa shape index (κ2) is 10.5. The number of aliphatic carboxylic acids is 1. The number of thiophene rings is 1. The molecule has 4 rings (SSSR count). The number of hydrogen-bond donors (Lipinski definition) is 1. The predicted octanol–water partition coefficient (Wildman–Crippen LogP) is 5.33. The number of pyridine rings is 1. The van der Waals surface area contributed by atoms with Crippen molar-refractivity contribution in [2.24, 2.45) is 0 Å². The molecule has 1 saturated heterocycles. The number of alkyl halides is 3. The van der Waals surface area contributed by atoms with Crippen LogP contribution >= 0.6 is 23.1 Å². The number of amides is 3. The highest BCUT2D eigenvalue weighted by Gasteiger charge is 2.53. The summed E-state index contributed by atoms with van der Waals surface area (Å²) in [7, 11) is 1.68. The van der Waals surface area contributed by atoms with E-state index in [0.29, 0.717) is 12.1 Å². The van der Waals surface area contributed by atoms with E-state index in [4.69, 9.17) is 9.90 Å². The number of anilines is 1. The van der Waals surface area contributed by atoms with Crippen LogP contribution in [-0.4, -0.2) is 51.7 Å². The summed E-state index contributed by atoms with van der Waals surface area (Å²) in [6.07, 6.45) is -1.25. The number of carboxylic acids is 1. The predicted molar refractivity (Wildman–Crippen MR) is 126 cm³/mol. The van der Waals surface area contributed by atoms with Crippen LogP contribution in [0.4, 0.5) is 23.7 Å². The van der Waals surface area contributed by atoms with Gasteiger partial charge in [0.1, 0.15) is 5.54 Å². The van der Waals surface area contributed by atoms with Gasteiger partial charge in [0, 0.05) is 30.8 Å². The molecule has 1 aliphatic rings. The lowest BCUT2D eigenvalue weighted by Gasteiger charge is -2.28. The summed E-state index contributed by atoms with van der Waals surface area (Å²) >= 11 is 3.35. The van der Waals surface area contributed by atoms with E-state index in [1.807, 2.05) is 54.8 Å². The van der Waals surface area contributed by atoms with Gasteiger partial charge in [-0.25, -0.2) is 14.5 Å². The molecule has 0 radical (unpaired) electrons. The summed E-state index contributed by atoms with van der Waals surface area (Å²) in [4.78, 5) is 42.9. The van der Waals surface area contributed by atoms with Gasteiger partial charge in [-0.05, 0) is 60.3 Å². The number of benzene rings is 1. The molecule has 0 saturated carbocycles. The molecule has 2 aromatic heterocycles. The Balaban J connectivity index is 0.000000429. The van der Waals surface area contributed by atoms with Gasteiger partial charge in [0.25, 0.3) is 5.91 Å². The Morgan fingerprint density at radius 3 is 2.23 bits per heavy atom. The Kier molecular flexibility index (Phi) is 7.86. The van der Waals surface area contributed by atoms with E-state index in [9.17, 15) is 22.8 Å². The summed E-state index contributed by atoms with van der Waals surface area (Å²) in [6, 6.07) is 15.1. The van der Waals surface area contributed by atoms with Gasteiger partial charge in [-0.15, -0.1) is 11.3 Å². The van der Waals surface area contributed by atoms with Gasteiger partial charge in [0.05, 0.1) is 9.90 Å². The molecule has 184 valence electrons. The van der Waals surface area contributed by atoms with Crippen molar-refractivity contribution in [1.29, 1.82) is 0 Å². The molecule has 7 nitrogen and oxygen atoms in total. The topological polar surface area (TPSA) is 90.8 Å². The Labute approximate surface area is 207 Å². The highest BCUT2D eigenvalue weighted by molar-refractivity contribution is 8.01. The van der Waals surface area contributed by atoms with Crippen LogP contribution in [0.3, 0.4) is 0 Å². The van der Waals surface area contributed by atoms with E-state index >= 15 is 0 Å². The van der Waals surface area contributed by atoms with Gasteiger partial charge < -0.3 is 10.0 Å². The van der Waals surface area contributed by atoms with Gasteiger partial charge in [-0.2, -0.15) is 13.2 Å². The molecular formula is C23H20F3N3O4S2. The molecule has 3 amide bonds. The summed E-state index contributed by atoms with van der Waals surface area (Å²) in [5.74, 6) is -2.97. The fourth-order valence-electron chi connectivity index (χ4n) is 3.25.